The van der Waals surface area contributed by atoms with Crippen LogP contribution < -0.4 is 0 Å². The first-order chi connectivity index (χ1) is 3.80. The average Bonchev–Trinajstić information content (AvgIpc) is 2.12. The van der Waals surface area contributed by atoms with E-state index in [1.807, 2.05) is 0 Å². The van der Waals surface area contributed by atoms with Crippen LogP contribution >= 0.6 is 11.8 Å². The van der Waals surface area contributed by atoms with E-state index in [9.17, 15) is 10.1 Å². The van der Waals surface area contributed by atoms with Crippen molar-refractivity contribution in [2.75, 3.05) is 5.88 Å². The molecular formula is C3H3N2O2S. The highest BCUT2D eigenvalue weighted by molar-refractivity contribution is 8.01. The number of nitro groups is 1. The number of thioether (sulfide) groups is 1. The molecule has 8 heavy (non-hydrogen) atoms. The zero-order valence-corrected chi connectivity index (χ0v) is 4.72. The van der Waals surface area contributed by atoms with E-state index in [1.165, 1.54) is 18.0 Å². The zero-order chi connectivity index (χ0) is 5.98. The quantitative estimate of drug-likeness (QED) is 0.383. The highest BCUT2D eigenvalue weighted by atomic mass is 32.2. The van der Waals surface area contributed by atoms with E-state index in [0.29, 0.717) is 5.88 Å². The van der Waals surface area contributed by atoms with Gasteiger partial charge >= 0.3 is 0 Å². The van der Waals surface area contributed by atoms with Crippen LogP contribution in [-0.2, 0) is 0 Å². The van der Waals surface area contributed by atoms with Crippen LogP contribution in [0, 0.1) is 15.5 Å². The number of hydrogen-bond donors (Lipinski definition) is 0. The zero-order valence-electron chi connectivity index (χ0n) is 3.90. The predicted octanol–water partition coefficient (Wildman–Crippen LogP) is 0.459. The van der Waals surface area contributed by atoms with Crippen LogP contribution in [0.4, 0.5) is 0 Å². The molecule has 0 saturated heterocycles. The summed E-state index contributed by atoms with van der Waals surface area (Å²) in [6.45, 7) is 0. The molecule has 0 aromatic heterocycles. The largest absolute Gasteiger partial charge is 0.234 e. The van der Waals surface area contributed by atoms with Gasteiger partial charge in [0.25, 0.3) is 0 Å². The highest BCUT2D eigenvalue weighted by Gasteiger charge is 2.13. The second-order valence-corrected chi connectivity index (χ2v) is 1.98. The first-order valence-electron chi connectivity index (χ1n) is 1.92. The van der Waals surface area contributed by atoms with E-state index in [1.54, 1.807) is 0 Å². The first-order valence-corrected chi connectivity index (χ1v) is 2.91. The smallest absolute Gasteiger partial charge is 0.165 e. The molecule has 0 aromatic rings. The molecule has 4 nitrogen and oxygen atoms in total. The third-order valence-corrected chi connectivity index (χ3v) is 1.36. The van der Waals surface area contributed by atoms with Gasteiger partial charge in [0.05, 0.1) is 6.20 Å². The van der Waals surface area contributed by atoms with Crippen LogP contribution in [0.25, 0.3) is 0 Å². The summed E-state index contributed by atoms with van der Waals surface area (Å²) in [5.41, 5.74) is 0. The van der Waals surface area contributed by atoms with Crippen LogP contribution in [0.5, 0.6) is 0 Å². The van der Waals surface area contributed by atoms with Gasteiger partial charge in [-0.3, -0.25) is 0 Å². The van der Waals surface area contributed by atoms with Gasteiger partial charge in [-0.25, -0.2) is 10.1 Å². The molecule has 0 unspecified atom stereocenters. The van der Waals surface area contributed by atoms with Crippen molar-refractivity contribution in [3.8, 4) is 0 Å². The first kappa shape index (κ1) is 5.43. The molecule has 1 radical (unpaired) electrons. The van der Waals surface area contributed by atoms with Gasteiger partial charge in [-0.2, -0.15) is 0 Å². The molecule has 1 aliphatic rings. The van der Waals surface area contributed by atoms with Gasteiger partial charge in [0.1, 0.15) is 5.88 Å². The fourth-order valence-electron chi connectivity index (χ4n) is 0.333. The maximum Gasteiger partial charge on any atom is 0.165 e. The Balaban J connectivity index is 2.48. The predicted molar refractivity (Wildman–Crippen MR) is 29.1 cm³/mol. The van der Waals surface area contributed by atoms with E-state index in [2.05, 4.69) is 5.41 Å². The average molecular weight is 131 g/mol. The van der Waals surface area contributed by atoms with Gasteiger partial charge in [-0.1, -0.05) is 16.8 Å². The molecule has 0 aliphatic carbocycles. The number of hydrazine groups is 1. The van der Waals surface area contributed by atoms with E-state index in [-0.39, 0.29) is 0 Å². The fourth-order valence-corrected chi connectivity index (χ4v) is 0.905. The van der Waals surface area contributed by atoms with Crippen molar-refractivity contribution in [2.45, 2.75) is 0 Å². The molecule has 0 saturated carbocycles. The van der Waals surface area contributed by atoms with Crippen LogP contribution in [0.1, 0.15) is 0 Å². The minimum absolute atomic E-state index is 0.382. The van der Waals surface area contributed by atoms with Crippen LogP contribution in [0.3, 0.4) is 0 Å². The highest BCUT2D eigenvalue weighted by Crippen LogP contribution is 2.12. The van der Waals surface area contributed by atoms with Gasteiger partial charge in [0.15, 0.2) is 5.03 Å². The number of nitrogens with zero attached hydrogens (tertiary/aromatic N) is 2. The van der Waals surface area contributed by atoms with E-state index in [0.717, 1.165) is 5.01 Å². The third kappa shape index (κ3) is 0.919. The minimum atomic E-state index is -0.465. The Bertz CT molecular complexity index is 135. The summed E-state index contributed by atoms with van der Waals surface area (Å²) in [4.78, 5) is 9.85. The summed E-state index contributed by atoms with van der Waals surface area (Å²) < 4.78 is 0. The standard InChI is InChI=1S/C3H3N2O2S/c6-5(7)4-1-2-8-3-4/h1H,3H2. The van der Waals surface area contributed by atoms with E-state index < -0.39 is 5.03 Å². The molecule has 1 rings (SSSR count). The van der Waals surface area contributed by atoms with Crippen molar-refractivity contribution in [3.05, 3.63) is 21.7 Å². The molecule has 0 fully saturated rings. The second kappa shape index (κ2) is 2.04. The molecular weight excluding hydrogens is 128 g/mol. The number of rotatable bonds is 1. The molecule has 1 aliphatic heterocycles. The summed E-state index contributed by atoms with van der Waals surface area (Å²) in [5, 5.41) is 13.0. The maximum absolute atomic E-state index is 9.85. The van der Waals surface area contributed by atoms with E-state index >= 15 is 0 Å². The van der Waals surface area contributed by atoms with Gasteiger partial charge in [-0.05, 0) is 0 Å². The second-order valence-electron chi connectivity index (χ2n) is 1.20. The van der Waals surface area contributed by atoms with Crippen molar-refractivity contribution in [1.82, 2.24) is 5.01 Å². The molecule has 0 amide bonds. The Kier molecular flexibility index (Phi) is 1.38. The molecule has 0 N–H and O–H groups in total. The van der Waals surface area contributed by atoms with Crippen molar-refractivity contribution < 1.29 is 5.03 Å². The summed E-state index contributed by atoms with van der Waals surface area (Å²) in [5.74, 6) is 0.382. The van der Waals surface area contributed by atoms with Gasteiger partial charge < -0.3 is 0 Å². The van der Waals surface area contributed by atoms with Crippen LogP contribution in [-0.4, -0.2) is 15.9 Å². The lowest BCUT2D eigenvalue weighted by Gasteiger charge is -1.98. The van der Waals surface area contributed by atoms with Gasteiger partial charge in [-0.15, -0.1) is 0 Å². The van der Waals surface area contributed by atoms with Gasteiger partial charge in [0, 0.05) is 5.41 Å². The number of hydrogen-bond acceptors (Lipinski definition) is 3. The lowest BCUT2D eigenvalue weighted by atomic mass is 11.0. The third-order valence-electron chi connectivity index (χ3n) is 0.692. The topological polar surface area (TPSA) is 46.4 Å². The summed E-state index contributed by atoms with van der Waals surface area (Å²) >= 11 is 1.29. The Morgan fingerprint density at radius 1 is 2.00 bits per heavy atom. The molecule has 43 valence electrons. The monoisotopic (exact) mass is 131 g/mol. The molecule has 0 bridgehead atoms. The molecule has 1 heterocycles. The summed E-state index contributed by atoms with van der Waals surface area (Å²) in [6, 6.07) is 0. The summed E-state index contributed by atoms with van der Waals surface area (Å²) in [6.07, 6.45) is 1.32. The lowest BCUT2D eigenvalue weighted by molar-refractivity contribution is -0.634. The molecule has 5 heteroatoms. The molecule has 0 atom stereocenters. The van der Waals surface area contributed by atoms with Crippen molar-refractivity contribution in [3.63, 3.8) is 0 Å². The van der Waals surface area contributed by atoms with Crippen LogP contribution in [0.15, 0.2) is 6.20 Å². The van der Waals surface area contributed by atoms with Gasteiger partial charge in [0.2, 0.25) is 0 Å². The normalized spacial score (nSPS) is 17.2. The fraction of sp³-hybridized carbons (Fsp3) is 0.333. The Morgan fingerprint density at radius 3 is 3.00 bits per heavy atom. The Labute approximate surface area is 50.3 Å². The SMILES string of the molecule is O=[N+]([O-])N1C=[C]SC1. The van der Waals surface area contributed by atoms with Crippen molar-refractivity contribution in [1.29, 1.82) is 0 Å². The molecule has 0 spiro atoms. The maximum atomic E-state index is 9.85. The molecule has 0 aromatic carbocycles. The van der Waals surface area contributed by atoms with Crippen LogP contribution in [0.2, 0.25) is 0 Å². The lowest BCUT2D eigenvalue weighted by Crippen LogP contribution is -2.20. The van der Waals surface area contributed by atoms with Crippen molar-refractivity contribution >= 4 is 11.8 Å². The summed E-state index contributed by atoms with van der Waals surface area (Å²) in [7, 11) is 0. The minimum Gasteiger partial charge on any atom is -0.234 e. The van der Waals surface area contributed by atoms with E-state index in [4.69, 9.17) is 0 Å². The Hall–Kier alpha value is -0.710. The van der Waals surface area contributed by atoms with Crippen molar-refractivity contribution in [2.24, 2.45) is 0 Å². The Morgan fingerprint density at radius 2 is 2.75 bits per heavy atom.